The molecule has 1 nitrogen and oxygen atoms in total. The normalized spacial score (nSPS) is 16.3. The third-order valence-electron chi connectivity index (χ3n) is 4.32. The van der Waals surface area contributed by atoms with E-state index in [9.17, 15) is 9.50 Å². The fraction of sp³-hybridized carbons (Fsp3) is 0.444. The molecule has 0 radical (unpaired) electrons. The summed E-state index contributed by atoms with van der Waals surface area (Å²) in [7, 11) is 0. The van der Waals surface area contributed by atoms with Crippen molar-refractivity contribution in [2.45, 2.75) is 51.6 Å². The van der Waals surface area contributed by atoms with E-state index in [1.54, 1.807) is 17.4 Å². The van der Waals surface area contributed by atoms with Crippen LogP contribution in [0.3, 0.4) is 0 Å². The lowest BCUT2D eigenvalue weighted by atomic mass is 10.0. The third-order valence-corrected chi connectivity index (χ3v) is 5.66. The van der Waals surface area contributed by atoms with Gasteiger partial charge in [-0.15, -0.1) is 11.3 Å². The van der Waals surface area contributed by atoms with Crippen LogP contribution in [0, 0.1) is 12.7 Å². The maximum absolute atomic E-state index is 13.4. The van der Waals surface area contributed by atoms with E-state index < -0.39 is 6.10 Å². The number of rotatable bonds is 3. The molecule has 1 atom stereocenters. The van der Waals surface area contributed by atoms with Crippen LogP contribution in [0.1, 0.15) is 51.8 Å². The zero-order valence-electron chi connectivity index (χ0n) is 12.4. The van der Waals surface area contributed by atoms with Gasteiger partial charge in [-0.3, -0.25) is 0 Å². The standard InChI is InChI=1S/C18H21FOS/c1-12-7-8-15(19)9-14(12)10-16(20)18-11-13-5-3-2-4-6-17(13)21-18/h7-9,11,16,20H,2-6,10H2,1H3. The number of hydrogen-bond acceptors (Lipinski definition) is 2. The molecular formula is C18H21FOS. The molecule has 3 rings (SSSR count). The quantitative estimate of drug-likeness (QED) is 0.812. The first-order valence-electron chi connectivity index (χ1n) is 7.68. The summed E-state index contributed by atoms with van der Waals surface area (Å²) in [5, 5.41) is 10.5. The van der Waals surface area contributed by atoms with Gasteiger partial charge in [0.05, 0.1) is 6.10 Å². The van der Waals surface area contributed by atoms with Crippen molar-refractivity contribution in [2.24, 2.45) is 0 Å². The lowest BCUT2D eigenvalue weighted by Gasteiger charge is -2.11. The van der Waals surface area contributed by atoms with Gasteiger partial charge in [0.2, 0.25) is 0 Å². The predicted molar refractivity (Wildman–Crippen MR) is 85.4 cm³/mol. The molecule has 1 N–H and O–H groups in total. The van der Waals surface area contributed by atoms with E-state index in [0.29, 0.717) is 6.42 Å². The molecule has 21 heavy (non-hydrogen) atoms. The van der Waals surface area contributed by atoms with Crippen LogP contribution in [0.2, 0.25) is 0 Å². The van der Waals surface area contributed by atoms with Gasteiger partial charge in [-0.2, -0.15) is 0 Å². The summed E-state index contributed by atoms with van der Waals surface area (Å²) in [5.74, 6) is -0.232. The summed E-state index contributed by atoms with van der Waals surface area (Å²) in [4.78, 5) is 2.48. The van der Waals surface area contributed by atoms with Gasteiger partial charge in [-0.25, -0.2) is 4.39 Å². The maximum Gasteiger partial charge on any atom is 0.123 e. The molecule has 0 fully saturated rings. The fourth-order valence-corrected chi connectivity index (χ4v) is 4.27. The Bertz CT molecular complexity index is 609. The molecular weight excluding hydrogens is 283 g/mol. The molecule has 1 aliphatic carbocycles. The van der Waals surface area contributed by atoms with Gasteiger partial charge in [0.25, 0.3) is 0 Å². The lowest BCUT2D eigenvalue weighted by Crippen LogP contribution is -2.02. The minimum absolute atomic E-state index is 0.232. The number of aliphatic hydroxyl groups is 1. The number of hydrogen-bond donors (Lipinski definition) is 1. The smallest absolute Gasteiger partial charge is 0.123 e. The number of halogens is 1. The van der Waals surface area contributed by atoms with Gasteiger partial charge in [0.1, 0.15) is 5.82 Å². The van der Waals surface area contributed by atoms with Crippen LogP contribution in [0.4, 0.5) is 4.39 Å². The summed E-state index contributed by atoms with van der Waals surface area (Å²) < 4.78 is 13.4. The highest BCUT2D eigenvalue weighted by molar-refractivity contribution is 7.12. The Morgan fingerprint density at radius 2 is 2.00 bits per heavy atom. The van der Waals surface area contributed by atoms with Crippen LogP contribution in [0.25, 0.3) is 0 Å². The van der Waals surface area contributed by atoms with Crippen molar-refractivity contribution in [3.63, 3.8) is 0 Å². The molecule has 2 aromatic rings. The Morgan fingerprint density at radius 1 is 1.19 bits per heavy atom. The largest absolute Gasteiger partial charge is 0.387 e. The summed E-state index contributed by atoms with van der Waals surface area (Å²) in [5.41, 5.74) is 3.35. The average Bonchev–Trinajstić information content (AvgIpc) is 2.74. The summed E-state index contributed by atoms with van der Waals surface area (Å²) >= 11 is 1.74. The molecule has 0 saturated carbocycles. The van der Waals surface area contributed by atoms with E-state index in [-0.39, 0.29) is 5.82 Å². The monoisotopic (exact) mass is 304 g/mol. The molecule has 0 aliphatic heterocycles. The number of thiophene rings is 1. The molecule has 1 heterocycles. The molecule has 0 saturated heterocycles. The maximum atomic E-state index is 13.4. The van der Waals surface area contributed by atoms with Gasteiger partial charge in [-0.05, 0) is 67.5 Å². The topological polar surface area (TPSA) is 20.2 Å². The van der Waals surface area contributed by atoms with Gasteiger partial charge in [0, 0.05) is 16.2 Å². The molecule has 112 valence electrons. The van der Waals surface area contributed by atoms with Gasteiger partial charge < -0.3 is 5.11 Å². The fourth-order valence-electron chi connectivity index (χ4n) is 3.02. The summed E-state index contributed by atoms with van der Waals surface area (Å²) in [6.45, 7) is 1.96. The van der Waals surface area contributed by atoms with Gasteiger partial charge in [0.15, 0.2) is 0 Å². The number of fused-ring (bicyclic) bond motifs is 1. The molecule has 0 spiro atoms. The molecule has 0 bridgehead atoms. The lowest BCUT2D eigenvalue weighted by molar-refractivity contribution is 0.182. The van der Waals surface area contributed by atoms with Crippen LogP contribution >= 0.6 is 11.3 Å². The van der Waals surface area contributed by atoms with Crippen molar-refractivity contribution >= 4 is 11.3 Å². The van der Waals surface area contributed by atoms with E-state index in [4.69, 9.17) is 0 Å². The predicted octanol–water partition coefficient (Wildman–Crippen LogP) is 4.74. The zero-order chi connectivity index (χ0) is 14.8. The highest BCUT2D eigenvalue weighted by Crippen LogP contribution is 2.33. The summed E-state index contributed by atoms with van der Waals surface area (Å²) in [6.07, 6.45) is 6.06. The van der Waals surface area contributed by atoms with Crippen molar-refractivity contribution in [3.8, 4) is 0 Å². The first-order chi connectivity index (χ1) is 10.1. The average molecular weight is 304 g/mol. The van der Waals surface area contributed by atoms with Gasteiger partial charge >= 0.3 is 0 Å². The van der Waals surface area contributed by atoms with E-state index in [1.807, 2.05) is 6.92 Å². The Hall–Kier alpha value is -1.19. The Morgan fingerprint density at radius 3 is 2.86 bits per heavy atom. The van der Waals surface area contributed by atoms with Crippen molar-refractivity contribution < 1.29 is 9.50 Å². The van der Waals surface area contributed by atoms with Crippen LogP contribution in [-0.4, -0.2) is 5.11 Å². The second kappa shape index (κ2) is 6.29. The minimum atomic E-state index is -0.526. The van der Waals surface area contributed by atoms with Crippen LogP contribution in [-0.2, 0) is 19.3 Å². The minimum Gasteiger partial charge on any atom is -0.387 e. The third kappa shape index (κ3) is 3.35. The Balaban J connectivity index is 1.79. The molecule has 0 amide bonds. The van der Waals surface area contributed by atoms with Crippen molar-refractivity contribution in [2.75, 3.05) is 0 Å². The number of aliphatic hydroxyl groups excluding tert-OH is 1. The van der Waals surface area contributed by atoms with E-state index in [2.05, 4.69) is 6.07 Å². The van der Waals surface area contributed by atoms with Crippen LogP contribution < -0.4 is 0 Å². The van der Waals surface area contributed by atoms with Crippen molar-refractivity contribution in [1.82, 2.24) is 0 Å². The first kappa shape index (κ1) is 14.7. The SMILES string of the molecule is Cc1ccc(F)cc1CC(O)c1cc2c(s1)CCCCC2. The number of aryl methyl sites for hydroxylation is 3. The molecule has 1 aromatic carbocycles. The molecule has 3 heteroatoms. The van der Waals surface area contributed by atoms with Crippen LogP contribution in [0.15, 0.2) is 24.3 Å². The second-order valence-electron chi connectivity index (χ2n) is 5.95. The number of benzene rings is 1. The highest BCUT2D eigenvalue weighted by atomic mass is 32.1. The Labute approximate surface area is 129 Å². The van der Waals surface area contributed by atoms with Crippen LogP contribution in [0.5, 0.6) is 0 Å². The van der Waals surface area contributed by atoms with Crippen molar-refractivity contribution in [3.05, 3.63) is 56.5 Å². The van der Waals surface area contributed by atoms with Gasteiger partial charge in [-0.1, -0.05) is 12.5 Å². The Kier molecular flexibility index (Phi) is 4.41. The van der Waals surface area contributed by atoms with Crippen molar-refractivity contribution in [1.29, 1.82) is 0 Å². The first-order valence-corrected chi connectivity index (χ1v) is 8.49. The van der Waals surface area contributed by atoms with E-state index in [0.717, 1.165) is 28.8 Å². The molecule has 1 aromatic heterocycles. The van der Waals surface area contributed by atoms with E-state index >= 15 is 0 Å². The molecule has 1 unspecified atom stereocenters. The summed E-state index contributed by atoms with van der Waals surface area (Å²) in [6, 6.07) is 6.96. The second-order valence-corrected chi connectivity index (χ2v) is 7.12. The molecule has 1 aliphatic rings. The zero-order valence-corrected chi connectivity index (χ0v) is 13.2. The highest BCUT2D eigenvalue weighted by Gasteiger charge is 2.18. The van der Waals surface area contributed by atoms with E-state index in [1.165, 1.54) is 41.8 Å².